The first-order valence-electron chi connectivity index (χ1n) is 7.03. The Balaban J connectivity index is 1.90. The van der Waals surface area contributed by atoms with Gasteiger partial charge in [-0.3, -0.25) is 0 Å². The minimum Gasteiger partial charge on any atom is -0.495 e. The number of benzene rings is 2. The van der Waals surface area contributed by atoms with E-state index in [1.54, 1.807) is 19.2 Å². The van der Waals surface area contributed by atoms with Crippen LogP contribution in [0.1, 0.15) is 11.1 Å². The molecule has 0 aliphatic heterocycles. The minimum absolute atomic E-state index is 0.268. The van der Waals surface area contributed by atoms with Gasteiger partial charge in [0.25, 0.3) is 0 Å². The lowest BCUT2D eigenvalue weighted by Crippen LogP contribution is -2.30. The number of amides is 2. The number of carbonyl (C=O) groups excluding carboxylic acids is 1. The average molecular weight is 319 g/mol. The van der Waals surface area contributed by atoms with Crippen molar-refractivity contribution in [3.05, 3.63) is 58.6 Å². The van der Waals surface area contributed by atoms with E-state index in [9.17, 15) is 4.79 Å². The summed E-state index contributed by atoms with van der Waals surface area (Å²) in [6, 6.07) is 13.2. The monoisotopic (exact) mass is 318 g/mol. The van der Waals surface area contributed by atoms with Gasteiger partial charge in [0.1, 0.15) is 5.75 Å². The third-order valence-electron chi connectivity index (χ3n) is 3.27. The van der Waals surface area contributed by atoms with Gasteiger partial charge in [0, 0.05) is 17.6 Å². The van der Waals surface area contributed by atoms with Crippen molar-refractivity contribution in [1.82, 2.24) is 5.32 Å². The maximum atomic E-state index is 12.0. The Morgan fingerprint density at radius 1 is 1.23 bits per heavy atom. The van der Waals surface area contributed by atoms with Crippen LogP contribution in [0, 0.1) is 6.92 Å². The summed E-state index contributed by atoms with van der Waals surface area (Å²) >= 11 is 6.04. The summed E-state index contributed by atoms with van der Waals surface area (Å²) in [4.78, 5) is 12.0. The van der Waals surface area contributed by atoms with Crippen molar-refractivity contribution in [3.8, 4) is 5.75 Å². The Bertz CT molecular complexity index is 645. The Kier molecular flexibility index (Phi) is 5.67. The molecule has 2 aromatic rings. The molecule has 0 aliphatic carbocycles. The van der Waals surface area contributed by atoms with Gasteiger partial charge < -0.3 is 15.4 Å². The number of carbonyl (C=O) groups is 1. The molecule has 0 aliphatic rings. The molecule has 0 radical (unpaired) electrons. The maximum absolute atomic E-state index is 12.0. The van der Waals surface area contributed by atoms with Gasteiger partial charge in [-0.15, -0.1) is 0 Å². The first-order chi connectivity index (χ1) is 10.6. The number of halogens is 1. The van der Waals surface area contributed by atoms with E-state index in [4.69, 9.17) is 16.3 Å². The summed E-state index contributed by atoms with van der Waals surface area (Å²) < 4.78 is 5.23. The lowest BCUT2D eigenvalue weighted by Gasteiger charge is -2.13. The second kappa shape index (κ2) is 7.71. The van der Waals surface area contributed by atoms with Gasteiger partial charge in [-0.25, -0.2) is 4.79 Å². The first kappa shape index (κ1) is 16.2. The van der Waals surface area contributed by atoms with Crippen LogP contribution in [0.2, 0.25) is 5.02 Å². The molecule has 0 heterocycles. The molecule has 2 aromatic carbocycles. The highest BCUT2D eigenvalue weighted by molar-refractivity contribution is 6.31. The van der Waals surface area contributed by atoms with Crippen molar-refractivity contribution in [3.63, 3.8) is 0 Å². The molecule has 0 saturated carbocycles. The third-order valence-corrected chi connectivity index (χ3v) is 3.68. The summed E-state index contributed by atoms with van der Waals surface area (Å²) in [6.07, 6.45) is 0.783. The molecule has 0 aromatic heterocycles. The molecule has 0 saturated heterocycles. The molecule has 2 N–H and O–H groups in total. The van der Waals surface area contributed by atoms with Gasteiger partial charge in [-0.05, 0) is 30.5 Å². The van der Waals surface area contributed by atoms with E-state index in [-0.39, 0.29) is 6.03 Å². The van der Waals surface area contributed by atoms with Crippen LogP contribution in [0.3, 0.4) is 0 Å². The number of aryl methyl sites for hydroxylation is 1. The third kappa shape index (κ3) is 4.40. The maximum Gasteiger partial charge on any atom is 0.319 e. The predicted octanol–water partition coefficient (Wildman–Crippen LogP) is 4.02. The topological polar surface area (TPSA) is 50.4 Å². The molecule has 2 rings (SSSR count). The Labute approximate surface area is 135 Å². The molecule has 0 atom stereocenters. The molecule has 22 heavy (non-hydrogen) atoms. The van der Waals surface area contributed by atoms with Gasteiger partial charge in [-0.1, -0.05) is 41.9 Å². The average Bonchev–Trinajstić information content (AvgIpc) is 2.51. The summed E-state index contributed by atoms with van der Waals surface area (Å²) in [5.41, 5.74) is 2.66. The van der Waals surface area contributed by atoms with E-state index in [2.05, 4.69) is 10.6 Å². The first-order valence-corrected chi connectivity index (χ1v) is 7.41. The fourth-order valence-electron chi connectivity index (χ4n) is 2.06. The molecule has 116 valence electrons. The SMILES string of the molecule is COc1cc(Cl)c(C)cc1NC(=O)NCCc1ccccc1. The zero-order valence-electron chi connectivity index (χ0n) is 12.7. The van der Waals surface area contributed by atoms with Crippen LogP contribution < -0.4 is 15.4 Å². The van der Waals surface area contributed by atoms with Crippen LogP contribution in [0.25, 0.3) is 0 Å². The van der Waals surface area contributed by atoms with Crippen LogP contribution in [-0.2, 0) is 6.42 Å². The number of rotatable bonds is 5. The number of methoxy groups -OCH3 is 1. The van der Waals surface area contributed by atoms with E-state index >= 15 is 0 Å². The summed E-state index contributed by atoms with van der Waals surface area (Å²) in [5, 5.41) is 6.21. The zero-order chi connectivity index (χ0) is 15.9. The van der Waals surface area contributed by atoms with E-state index in [0.29, 0.717) is 23.0 Å². The van der Waals surface area contributed by atoms with Gasteiger partial charge in [0.05, 0.1) is 12.8 Å². The van der Waals surface area contributed by atoms with E-state index < -0.39 is 0 Å². The Morgan fingerprint density at radius 3 is 2.64 bits per heavy atom. The number of anilines is 1. The van der Waals surface area contributed by atoms with E-state index in [1.807, 2.05) is 37.3 Å². The Morgan fingerprint density at radius 2 is 1.95 bits per heavy atom. The smallest absolute Gasteiger partial charge is 0.319 e. The van der Waals surface area contributed by atoms with Gasteiger partial charge in [0.15, 0.2) is 0 Å². The van der Waals surface area contributed by atoms with Crippen molar-refractivity contribution < 1.29 is 9.53 Å². The predicted molar refractivity (Wildman–Crippen MR) is 89.9 cm³/mol. The van der Waals surface area contributed by atoms with E-state index in [1.165, 1.54) is 5.56 Å². The lowest BCUT2D eigenvalue weighted by molar-refractivity contribution is 0.252. The quantitative estimate of drug-likeness (QED) is 0.874. The molecule has 0 bridgehead atoms. The molecular weight excluding hydrogens is 300 g/mol. The highest BCUT2D eigenvalue weighted by atomic mass is 35.5. The van der Waals surface area contributed by atoms with E-state index in [0.717, 1.165) is 12.0 Å². The second-order valence-corrected chi connectivity index (χ2v) is 5.33. The van der Waals surface area contributed by atoms with Crippen LogP contribution in [0.15, 0.2) is 42.5 Å². The van der Waals surface area contributed by atoms with Crippen molar-refractivity contribution in [2.75, 3.05) is 19.0 Å². The number of urea groups is 1. The van der Waals surface area contributed by atoms with Gasteiger partial charge in [-0.2, -0.15) is 0 Å². The minimum atomic E-state index is -0.268. The van der Waals surface area contributed by atoms with Crippen LogP contribution in [0.5, 0.6) is 5.75 Å². The van der Waals surface area contributed by atoms with Crippen molar-refractivity contribution >= 4 is 23.3 Å². The van der Waals surface area contributed by atoms with Crippen molar-refractivity contribution in [2.45, 2.75) is 13.3 Å². The van der Waals surface area contributed by atoms with Gasteiger partial charge in [0.2, 0.25) is 0 Å². The molecule has 0 unspecified atom stereocenters. The number of hydrogen-bond acceptors (Lipinski definition) is 2. The highest BCUT2D eigenvalue weighted by Crippen LogP contribution is 2.30. The van der Waals surface area contributed by atoms with Crippen LogP contribution in [0.4, 0.5) is 10.5 Å². The zero-order valence-corrected chi connectivity index (χ0v) is 13.4. The Hall–Kier alpha value is -2.20. The molecule has 2 amide bonds. The normalized spacial score (nSPS) is 10.1. The number of nitrogens with one attached hydrogen (secondary N) is 2. The fourth-order valence-corrected chi connectivity index (χ4v) is 2.22. The summed E-state index contributed by atoms with van der Waals surface area (Å²) in [7, 11) is 1.54. The summed E-state index contributed by atoms with van der Waals surface area (Å²) in [6.45, 7) is 2.44. The summed E-state index contributed by atoms with van der Waals surface area (Å²) in [5.74, 6) is 0.536. The molecule has 0 fully saturated rings. The second-order valence-electron chi connectivity index (χ2n) is 4.92. The van der Waals surface area contributed by atoms with Crippen LogP contribution in [-0.4, -0.2) is 19.7 Å². The number of hydrogen-bond donors (Lipinski definition) is 2. The number of ether oxygens (including phenoxy) is 1. The molecule has 0 spiro atoms. The molecular formula is C17H19ClN2O2. The van der Waals surface area contributed by atoms with Crippen molar-refractivity contribution in [1.29, 1.82) is 0 Å². The lowest BCUT2D eigenvalue weighted by atomic mass is 10.1. The largest absolute Gasteiger partial charge is 0.495 e. The van der Waals surface area contributed by atoms with Crippen LogP contribution >= 0.6 is 11.6 Å². The molecule has 5 heteroatoms. The molecule has 4 nitrogen and oxygen atoms in total. The highest BCUT2D eigenvalue weighted by Gasteiger charge is 2.09. The van der Waals surface area contributed by atoms with Gasteiger partial charge >= 0.3 is 6.03 Å². The van der Waals surface area contributed by atoms with Crippen molar-refractivity contribution in [2.24, 2.45) is 0 Å². The fraction of sp³-hybridized carbons (Fsp3) is 0.235. The standard InChI is InChI=1S/C17H19ClN2O2/c1-12-10-15(16(22-2)11-14(12)18)20-17(21)19-9-8-13-6-4-3-5-7-13/h3-7,10-11H,8-9H2,1-2H3,(H2,19,20,21).